The van der Waals surface area contributed by atoms with E-state index in [1.54, 1.807) is 4.90 Å². The van der Waals surface area contributed by atoms with Crippen LogP contribution in [0, 0.1) is 11.0 Å². The van der Waals surface area contributed by atoms with Crippen LogP contribution in [0.5, 0.6) is 0 Å². The Labute approximate surface area is 155 Å². The zero-order valence-corrected chi connectivity index (χ0v) is 15.4. The summed E-state index contributed by atoms with van der Waals surface area (Å²) >= 11 is 0. The summed E-state index contributed by atoms with van der Waals surface area (Å²) in [7, 11) is -3.07. The first-order valence-corrected chi connectivity index (χ1v) is 10.2. The number of hydroxylamine groups is 2. The number of hydrogen-bond donors (Lipinski definition) is 0. The quantitative estimate of drug-likeness (QED) is 0.685. The lowest BCUT2D eigenvalue weighted by Crippen LogP contribution is -2.40. The van der Waals surface area contributed by atoms with Gasteiger partial charge in [0.25, 0.3) is 0 Å². The molecule has 2 amide bonds. The van der Waals surface area contributed by atoms with Crippen LogP contribution in [-0.2, 0) is 19.4 Å². The summed E-state index contributed by atoms with van der Waals surface area (Å²) in [5, 5.41) is 11.6. The minimum atomic E-state index is -3.07. The maximum Gasteiger partial charge on any atom is 0.414 e. The van der Waals surface area contributed by atoms with Gasteiger partial charge in [-0.25, -0.2) is 17.6 Å². The van der Waals surface area contributed by atoms with Crippen LogP contribution in [0.25, 0.3) is 0 Å². The van der Waals surface area contributed by atoms with Crippen LogP contribution in [0.15, 0.2) is 18.2 Å². The van der Waals surface area contributed by atoms with E-state index in [-0.39, 0.29) is 54.1 Å². The fourth-order valence-electron chi connectivity index (χ4n) is 3.01. The average Bonchev–Trinajstić information content (AvgIpc) is 2.95. The van der Waals surface area contributed by atoms with Crippen molar-refractivity contribution in [3.05, 3.63) is 29.2 Å². The summed E-state index contributed by atoms with van der Waals surface area (Å²) in [6, 6.07) is 4.19. The lowest BCUT2D eigenvalue weighted by Gasteiger charge is -2.29. The number of amides is 2. The lowest BCUT2D eigenvalue weighted by molar-refractivity contribution is -0.127. The van der Waals surface area contributed by atoms with Crippen LogP contribution in [0.1, 0.15) is 6.92 Å². The SMILES string of the molecule is CC(=O)N([O-])C[C@@H]1CN(c2ccc(N3CCS(=O)(=O)CC3)c(F)c2)C(=O)O1. The molecule has 0 saturated carbocycles. The Morgan fingerprint density at radius 1 is 1.37 bits per heavy atom. The van der Waals surface area contributed by atoms with Crippen LogP contribution in [0.4, 0.5) is 20.6 Å². The predicted molar refractivity (Wildman–Crippen MR) is 95.6 cm³/mol. The van der Waals surface area contributed by atoms with Gasteiger partial charge in [-0.1, -0.05) is 0 Å². The van der Waals surface area contributed by atoms with Gasteiger partial charge in [0.1, 0.15) is 11.9 Å². The van der Waals surface area contributed by atoms with E-state index in [0.29, 0.717) is 0 Å². The Bertz CT molecular complexity index is 848. The van der Waals surface area contributed by atoms with E-state index < -0.39 is 33.8 Å². The number of benzene rings is 1. The van der Waals surface area contributed by atoms with Gasteiger partial charge in [0.05, 0.1) is 29.4 Å². The second-order valence-corrected chi connectivity index (χ2v) is 8.77. The summed E-state index contributed by atoms with van der Waals surface area (Å²) in [4.78, 5) is 25.8. The molecule has 1 aromatic carbocycles. The van der Waals surface area contributed by atoms with Gasteiger partial charge in [-0.15, -0.1) is 0 Å². The van der Waals surface area contributed by atoms with E-state index in [2.05, 4.69) is 0 Å². The standard InChI is InChI=1S/C16H19FN3O6S/c1-11(21)20(23)10-13-9-19(16(22)26-13)12-2-3-15(14(17)8-12)18-4-6-27(24,25)7-5-18/h2-3,8,13H,4-7,9-10H2,1H3/q-1/t13-/m0/s1. The van der Waals surface area contributed by atoms with E-state index in [1.165, 1.54) is 23.1 Å². The van der Waals surface area contributed by atoms with Crippen LogP contribution < -0.4 is 9.80 Å². The number of sulfone groups is 1. The maximum atomic E-state index is 14.5. The zero-order valence-electron chi connectivity index (χ0n) is 14.6. The molecule has 2 fully saturated rings. The second kappa shape index (κ2) is 7.31. The van der Waals surface area contributed by atoms with Gasteiger partial charge in [-0.2, -0.15) is 0 Å². The van der Waals surface area contributed by atoms with Crippen molar-refractivity contribution in [3.8, 4) is 0 Å². The Morgan fingerprint density at radius 2 is 2.04 bits per heavy atom. The molecule has 11 heteroatoms. The molecule has 1 atom stereocenters. The number of carbonyl (C=O) groups is 2. The van der Waals surface area contributed by atoms with Crippen molar-refractivity contribution in [2.24, 2.45) is 0 Å². The lowest BCUT2D eigenvalue weighted by atomic mass is 10.2. The van der Waals surface area contributed by atoms with Crippen molar-refractivity contribution in [2.45, 2.75) is 13.0 Å². The van der Waals surface area contributed by atoms with E-state index >= 15 is 0 Å². The summed E-state index contributed by atoms with van der Waals surface area (Å²) in [5.41, 5.74) is 0.522. The zero-order chi connectivity index (χ0) is 19.8. The molecule has 0 unspecified atom stereocenters. The Kier molecular flexibility index (Phi) is 5.24. The van der Waals surface area contributed by atoms with Crippen molar-refractivity contribution >= 4 is 33.2 Å². The molecule has 9 nitrogen and oxygen atoms in total. The number of carbonyl (C=O) groups excluding carboxylic acids is 2. The molecule has 1 aromatic rings. The molecule has 0 spiro atoms. The third kappa shape index (κ3) is 4.30. The predicted octanol–water partition coefficient (Wildman–Crippen LogP) is 0.732. The van der Waals surface area contributed by atoms with Gasteiger partial charge < -0.3 is 19.9 Å². The molecular formula is C16H19FN3O6S-. The second-order valence-electron chi connectivity index (χ2n) is 6.47. The molecule has 0 radical (unpaired) electrons. The van der Waals surface area contributed by atoms with E-state index in [0.717, 1.165) is 6.92 Å². The van der Waals surface area contributed by atoms with Gasteiger partial charge in [0.15, 0.2) is 9.84 Å². The normalized spacial score (nSPS) is 21.9. The first-order chi connectivity index (χ1) is 12.7. The minimum absolute atomic E-state index is 0.0194. The van der Waals surface area contributed by atoms with Crippen LogP contribution in [0.3, 0.4) is 0 Å². The number of halogens is 1. The Balaban J connectivity index is 1.70. The summed E-state index contributed by atoms with van der Waals surface area (Å²) < 4.78 is 42.6. The van der Waals surface area contributed by atoms with Crippen molar-refractivity contribution in [1.82, 2.24) is 5.06 Å². The molecule has 0 N–H and O–H groups in total. The Hall–Kier alpha value is -2.40. The van der Waals surface area contributed by atoms with Crippen molar-refractivity contribution < 1.29 is 27.1 Å². The van der Waals surface area contributed by atoms with Crippen LogP contribution in [-0.4, -0.2) is 69.3 Å². The van der Waals surface area contributed by atoms with Gasteiger partial charge in [-0.05, 0) is 18.2 Å². The average molecular weight is 400 g/mol. The van der Waals surface area contributed by atoms with Crippen LogP contribution in [0.2, 0.25) is 0 Å². The van der Waals surface area contributed by atoms with Crippen molar-refractivity contribution in [3.63, 3.8) is 0 Å². The number of rotatable bonds is 4. The number of nitrogens with zero attached hydrogens (tertiary/aromatic N) is 3. The van der Waals surface area contributed by atoms with Crippen molar-refractivity contribution in [1.29, 1.82) is 0 Å². The van der Waals surface area contributed by atoms with Crippen molar-refractivity contribution in [2.75, 3.05) is 47.5 Å². The van der Waals surface area contributed by atoms with E-state index in [4.69, 9.17) is 4.74 Å². The molecule has 27 heavy (non-hydrogen) atoms. The van der Waals surface area contributed by atoms with Gasteiger partial charge in [-0.3, -0.25) is 9.69 Å². The maximum absolute atomic E-state index is 14.5. The first-order valence-electron chi connectivity index (χ1n) is 8.34. The molecule has 0 aliphatic carbocycles. The molecular weight excluding hydrogens is 381 g/mol. The highest BCUT2D eigenvalue weighted by atomic mass is 32.2. The smallest absolute Gasteiger partial charge is 0.414 e. The van der Waals surface area contributed by atoms with E-state index in [9.17, 15) is 27.6 Å². The molecule has 0 bridgehead atoms. The number of ether oxygens (including phenoxy) is 1. The number of hydrogen-bond acceptors (Lipinski definition) is 7. The monoisotopic (exact) mass is 400 g/mol. The molecule has 2 saturated heterocycles. The third-order valence-corrected chi connectivity index (χ3v) is 6.13. The highest BCUT2D eigenvalue weighted by molar-refractivity contribution is 7.91. The third-order valence-electron chi connectivity index (χ3n) is 4.52. The largest absolute Gasteiger partial charge is 0.756 e. The Morgan fingerprint density at radius 3 is 2.63 bits per heavy atom. The van der Waals surface area contributed by atoms with Gasteiger partial charge >= 0.3 is 6.09 Å². The fraction of sp³-hybridized carbons (Fsp3) is 0.500. The summed E-state index contributed by atoms with van der Waals surface area (Å²) in [6.07, 6.45) is -1.53. The molecule has 2 aliphatic rings. The van der Waals surface area contributed by atoms with Gasteiger partial charge in [0.2, 0.25) is 5.91 Å². The highest BCUT2D eigenvalue weighted by Crippen LogP contribution is 2.29. The van der Waals surface area contributed by atoms with E-state index in [1.807, 2.05) is 0 Å². The molecule has 148 valence electrons. The van der Waals surface area contributed by atoms with Crippen LogP contribution >= 0.6 is 0 Å². The summed E-state index contributed by atoms with van der Waals surface area (Å²) in [6.45, 7) is 1.25. The molecule has 3 rings (SSSR count). The molecule has 2 aliphatic heterocycles. The highest BCUT2D eigenvalue weighted by Gasteiger charge is 2.33. The number of cyclic esters (lactones) is 1. The molecule has 2 heterocycles. The van der Waals surface area contributed by atoms with Gasteiger partial charge in [0, 0.05) is 26.6 Å². The summed E-state index contributed by atoms with van der Waals surface area (Å²) in [5.74, 6) is -1.34. The topological polar surface area (TPSA) is 110 Å². The minimum Gasteiger partial charge on any atom is -0.756 e. The molecule has 0 aromatic heterocycles. The first kappa shape index (κ1) is 19.4. The number of anilines is 2. The fourth-order valence-corrected chi connectivity index (χ4v) is 4.22.